The van der Waals surface area contributed by atoms with Crippen molar-refractivity contribution < 1.29 is 4.79 Å². The van der Waals surface area contributed by atoms with E-state index in [0.29, 0.717) is 5.02 Å². The predicted octanol–water partition coefficient (Wildman–Crippen LogP) is 3.50. The Morgan fingerprint density at radius 1 is 1.24 bits per heavy atom. The Morgan fingerprint density at radius 3 is 2.29 bits per heavy atom. The molecule has 0 saturated carbocycles. The summed E-state index contributed by atoms with van der Waals surface area (Å²) in [6.07, 6.45) is 0.840. The van der Waals surface area contributed by atoms with Gasteiger partial charge in [0, 0.05) is 11.1 Å². The van der Waals surface area contributed by atoms with Gasteiger partial charge in [0.15, 0.2) is 0 Å². The fourth-order valence-corrected chi connectivity index (χ4v) is 1.70. The Hall–Kier alpha value is -1.22. The smallest absolute Gasteiger partial charge is 0.315 e. The summed E-state index contributed by atoms with van der Waals surface area (Å²) in [4.78, 5) is 11.6. The molecule has 0 aliphatic rings. The number of halogens is 1. The summed E-state index contributed by atoms with van der Waals surface area (Å²) in [7, 11) is 0. The summed E-state index contributed by atoms with van der Waals surface area (Å²) in [6.45, 7) is 5.90. The highest BCUT2D eigenvalue weighted by atomic mass is 35.5. The number of benzene rings is 1. The maximum atomic E-state index is 11.6. The SMILES string of the molecule is CCC(NC(=O)NC(C)C)c1ccc(Cl)cc1. The lowest BCUT2D eigenvalue weighted by Crippen LogP contribution is -2.41. The molecule has 17 heavy (non-hydrogen) atoms. The van der Waals surface area contributed by atoms with E-state index < -0.39 is 0 Å². The van der Waals surface area contributed by atoms with Gasteiger partial charge in [-0.3, -0.25) is 0 Å². The van der Waals surface area contributed by atoms with E-state index in [1.165, 1.54) is 0 Å². The molecule has 0 aliphatic carbocycles. The summed E-state index contributed by atoms with van der Waals surface area (Å²) in [6, 6.07) is 7.56. The van der Waals surface area contributed by atoms with Gasteiger partial charge in [-0.2, -0.15) is 0 Å². The van der Waals surface area contributed by atoms with Crippen molar-refractivity contribution in [2.45, 2.75) is 39.3 Å². The molecule has 0 radical (unpaired) electrons. The van der Waals surface area contributed by atoms with Gasteiger partial charge in [0.1, 0.15) is 0 Å². The first-order valence-electron chi connectivity index (χ1n) is 5.85. The van der Waals surface area contributed by atoms with Crippen LogP contribution in [0.3, 0.4) is 0 Å². The van der Waals surface area contributed by atoms with Crippen LogP contribution in [0.15, 0.2) is 24.3 Å². The van der Waals surface area contributed by atoms with Crippen LogP contribution in [-0.2, 0) is 0 Å². The van der Waals surface area contributed by atoms with Crippen LogP contribution in [0.1, 0.15) is 38.8 Å². The monoisotopic (exact) mass is 254 g/mol. The fraction of sp³-hybridized carbons (Fsp3) is 0.462. The summed E-state index contributed by atoms with van der Waals surface area (Å²) in [5.74, 6) is 0. The van der Waals surface area contributed by atoms with Crippen LogP contribution in [-0.4, -0.2) is 12.1 Å². The normalized spacial score (nSPS) is 12.3. The van der Waals surface area contributed by atoms with E-state index in [2.05, 4.69) is 10.6 Å². The van der Waals surface area contributed by atoms with E-state index in [9.17, 15) is 4.79 Å². The number of nitrogens with one attached hydrogen (secondary N) is 2. The number of carbonyl (C=O) groups is 1. The number of amides is 2. The van der Waals surface area contributed by atoms with Gasteiger partial charge in [-0.15, -0.1) is 0 Å². The molecule has 1 rings (SSSR count). The maximum absolute atomic E-state index is 11.6. The third-order valence-corrected chi connectivity index (χ3v) is 2.66. The Morgan fingerprint density at radius 2 is 1.82 bits per heavy atom. The summed E-state index contributed by atoms with van der Waals surface area (Å²) >= 11 is 5.83. The molecule has 4 heteroatoms. The van der Waals surface area contributed by atoms with Crippen LogP contribution in [0.25, 0.3) is 0 Å². The molecule has 1 aromatic rings. The van der Waals surface area contributed by atoms with Gasteiger partial charge in [0.05, 0.1) is 6.04 Å². The first-order chi connectivity index (χ1) is 8.02. The lowest BCUT2D eigenvalue weighted by Gasteiger charge is -2.19. The Labute approximate surface area is 108 Å². The highest BCUT2D eigenvalue weighted by Crippen LogP contribution is 2.18. The number of hydrogen-bond donors (Lipinski definition) is 2. The molecule has 94 valence electrons. The van der Waals surface area contributed by atoms with E-state index >= 15 is 0 Å². The average Bonchev–Trinajstić information content (AvgIpc) is 2.26. The van der Waals surface area contributed by atoms with Crippen LogP contribution in [0, 0.1) is 0 Å². The van der Waals surface area contributed by atoms with Crippen molar-refractivity contribution in [3.05, 3.63) is 34.9 Å². The second-order valence-electron chi connectivity index (χ2n) is 4.28. The molecule has 0 aliphatic heterocycles. The summed E-state index contributed by atoms with van der Waals surface area (Å²) < 4.78 is 0. The number of carbonyl (C=O) groups excluding carboxylic acids is 1. The third kappa shape index (κ3) is 4.65. The fourth-order valence-electron chi connectivity index (χ4n) is 1.58. The first kappa shape index (κ1) is 13.8. The highest BCUT2D eigenvalue weighted by molar-refractivity contribution is 6.30. The quantitative estimate of drug-likeness (QED) is 0.848. The molecular formula is C13H19ClN2O. The molecule has 0 fully saturated rings. The van der Waals surface area contributed by atoms with Gasteiger partial charge in [0.2, 0.25) is 0 Å². The van der Waals surface area contributed by atoms with E-state index in [4.69, 9.17) is 11.6 Å². The van der Waals surface area contributed by atoms with Crippen molar-refractivity contribution in [1.82, 2.24) is 10.6 Å². The molecule has 2 amide bonds. The molecule has 1 atom stereocenters. The zero-order valence-electron chi connectivity index (χ0n) is 10.5. The molecule has 0 aromatic heterocycles. The topological polar surface area (TPSA) is 41.1 Å². The Kier molecular flexibility index (Phi) is 5.29. The van der Waals surface area contributed by atoms with Gasteiger partial charge < -0.3 is 10.6 Å². The van der Waals surface area contributed by atoms with Crippen molar-refractivity contribution in [3.63, 3.8) is 0 Å². The standard InChI is InChI=1S/C13H19ClN2O/c1-4-12(16-13(17)15-9(2)3)10-5-7-11(14)8-6-10/h5-9,12H,4H2,1-3H3,(H2,15,16,17). The Balaban J connectivity index is 2.65. The molecule has 0 spiro atoms. The zero-order chi connectivity index (χ0) is 12.8. The van der Waals surface area contributed by atoms with Crippen LogP contribution in [0.4, 0.5) is 4.79 Å². The van der Waals surface area contributed by atoms with Crippen LogP contribution in [0.2, 0.25) is 5.02 Å². The van der Waals surface area contributed by atoms with E-state index in [1.807, 2.05) is 45.0 Å². The summed E-state index contributed by atoms with van der Waals surface area (Å²) in [5, 5.41) is 6.46. The second-order valence-corrected chi connectivity index (χ2v) is 4.72. The second kappa shape index (κ2) is 6.50. The Bertz CT molecular complexity index is 362. The summed E-state index contributed by atoms with van der Waals surface area (Å²) in [5.41, 5.74) is 1.07. The minimum Gasteiger partial charge on any atom is -0.336 e. The minimum atomic E-state index is -0.137. The average molecular weight is 255 g/mol. The van der Waals surface area contributed by atoms with Crippen LogP contribution in [0.5, 0.6) is 0 Å². The van der Waals surface area contributed by atoms with Crippen molar-refractivity contribution >= 4 is 17.6 Å². The first-order valence-corrected chi connectivity index (χ1v) is 6.23. The minimum absolute atomic E-state index is 0.0195. The molecule has 3 nitrogen and oxygen atoms in total. The molecule has 0 heterocycles. The molecule has 1 unspecified atom stereocenters. The van der Waals surface area contributed by atoms with Gasteiger partial charge in [-0.1, -0.05) is 30.7 Å². The van der Waals surface area contributed by atoms with Gasteiger partial charge in [-0.25, -0.2) is 4.79 Å². The van der Waals surface area contributed by atoms with E-state index in [0.717, 1.165) is 12.0 Å². The van der Waals surface area contributed by atoms with Gasteiger partial charge >= 0.3 is 6.03 Å². The largest absolute Gasteiger partial charge is 0.336 e. The number of rotatable bonds is 4. The van der Waals surface area contributed by atoms with Crippen LogP contribution >= 0.6 is 11.6 Å². The third-order valence-electron chi connectivity index (χ3n) is 2.41. The van der Waals surface area contributed by atoms with Crippen LogP contribution < -0.4 is 10.6 Å². The highest BCUT2D eigenvalue weighted by Gasteiger charge is 2.12. The predicted molar refractivity (Wildman–Crippen MR) is 71.3 cm³/mol. The molecule has 1 aromatic carbocycles. The van der Waals surface area contributed by atoms with Crippen molar-refractivity contribution in [2.24, 2.45) is 0 Å². The zero-order valence-corrected chi connectivity index (χ0v) is 11.2. The van der Waals surface area contributed by atoms with Crippen molar-refractivity contribution in [2.75, 3.05) is 0 Å². The maximum Gasteiger partial charge on any atom is 0.315 e. The number of hydrogen-bond acceptors (Lipinski definition) is 1. The number of urea groups is 1. The van der Waals surface area contributed by atoms with Gasteiger partial charge in [-0.05, 0) is 38.0 Å². The van der Waals surface area contributed by atoms with Crippen molar-refractivity contribution in [3.8, 4) is 0 Å². The van der Waals surface area contributed by atoms with Crippen molar-refractivity contribution in [1.29, 1.82) is 0 Å². The van der Waals surface area contributed by atoms with E-state index in [1.54, 1.807) is 0 Å². The lowest BCUT2D eigenvalue weighted by molar-refractivity contribution is 0.234. The van der Waals surface area contributed by atoms with Gasteiger partial charge in [0.25, 0.3) is 0 Å². The molecular weight excluding hydrogens is 236 g/mol. The molecule has 0 saturated heterocycles. The molecule has 0 bridgehead atoms. The van der Waals surface area contributed by atoms with E-state index in [-0.39, 0.29) is 18.1 Å². The lowest BCUT2D eigenvalue weighted by atomic mass is 10.1. The molecule has 2 N–H and O–H groups in total.